The fourth-order valence-electron chi connectivity index (χ4n) is 0.958. The van der Waals surface area contributed by atoms with Crippen LogP contribution in [0.25, 0.3) is 0 Å². The molecular formula is C11H19NOS. The quantitative estimate of drug-likeness (QED) is 0.773. The van der Waals surface area contributed by atoms with Gasteiger partial charge in [0, 0.05) is 22.5 Å². The molecule has 0 amide bonds. The van der Waals surface area contributed by atoms with Crippen LogP contribution in [0, 0.1) is 0 Å². The first-order chi connectivity index (χ1) is 6.77. The van der Waals surface area contributed by atoms with E-state index in [9.17, 15) is 4.21 Å². The lowest BCUT2D eigenvalue weighted by atomic mass is 10.3. The van der Waals surface area contributed by atoms with Gasteiger partial charge in [-0.05, 0) is 18.6 Å². The molecule has 0 bridgehead atoms. The third kappa shape index (κ3) is 4.01. The van der Waals surface area contributed by atoms with Gasteiger partial charge in [0.05, 0.1) is 10.8 Å². The monoisotopic (exact) mass is 213 g/mol. The first kappa shape index (κ1) is 13.3. The van der Waals surface area contributed by atoms with Crippen LogP contribution in [0.1, 0.15) is 33.4 Å². The van der Waals surface area contributed by atoms with E-state index in [2.05, 4.69) is 4.98 Å². The van der Waals surface area contributed by atoms with E-state index in [1.165, 1.54) is 0 Å². The van der Waals surface area contributed by atoms with Gasteiger partial charge in [-0.2, -0.15) is 0 Å². The van der Waals surface area contributed by atoms with Gasteiger partial charge in [-0.25, -0.2) is 0 Å². The summed E-state index contributed by atoms with van der Waals surface area (Å²) in [5.74, 6) is 0.674. The van der Waals surface area contributed by atoms with Crippen LogP contribution in [0.2, 0.25) is 0 Å². The zero-order valence-electron chi connectivity index (χ0n) is 9.41. The Morgan fingerprint density at radius 1 is 1.36 bits per heavy atom. The van der Waals surface area contributed by atoms with Crippen molar-refractivity contribution in [2.24, 2.45) is 0 Å². The summed E-state index contributed by atoms with van der Waals surface area (Å²) in [6.45, 7) is 7.96. The zero-order valence-corrected chi connectivity index (χ0v) is 10.2. The smallest absolute Gasteiger partial charge is 0.0527 e. The van der Waals surface area contributed by atoms with Crippen molar-refractivity contribution in [3.05, 3.63) is 24.0 Å². The molecule has 0 aliphatic carbocycles. The minimum atomic E-state index is -0.842. The SMILES string of the molecule is CC.CCc1cc(S(=O)CC)ccn1. The summed E-state index contributed by atoms with van der Waals surface area (Å²) in [6.07, 6.45) is 2.62. The number of pyridine rings is 1. The summed E-state index contributed by atoms with van der Waals surface area (Å²) in [7, 11) is -0.842. The van der Waals surface area contributed by atoms with Crippen molar-refractivity contribution >= 4 is 10.8 Å². The molecule has 1 aromatic rings. The van der Waals surface area contributed by atoms with Crippen LogP contribution in [0.4, 0.5) is 0 Å². The van der Waals surface area contributed by atoms with Crippen LogP contribution < -0.4 is 0 Å². The van der Waals surface area contributed by atoms with Crippen LogP contribution in [0.5, 0.6) is 0 Å². The highest BCUT2D eigenvalue weighted by Crippen LogP contribution is 2.07. The van der Waals surface area contributed by atoms with Gasteiger partial charge in [-0.3, -0.25) is 9.19 Å². The lowest BCUT2D eigenvalue weighted by Gasteiger charge is -2.00. The molecule has 2 nitrogen and oxygen atoms in total. The van der Waals surface area contributed by atoms with Crippen LogP contribution >= 0.6 is 0 Å². The molecule has 1 unspecified atom stereocenters. The lowest BCUT2D eigenvalue weighted by molar-refractivity contribution is 0.683. The van der Waals surface area contributed by atoms with Crippen molar-refractivity contribution in [1.29, 1.82) is 0 Å². The molecule has 0 N–H and O–H groups in total. The molecule has 0 spiro atoms. The maximum atomic E-state index is 11.4. The zero-order chi connectivity index (χ0) is 11.0. The Hall–Kier alpha value is -0.700. The molecule has 1 heterocycles. The second-order valence-electron chi connectivity index (χ2n) is 2.47. The van der Waals surface area contributed by atoms with E-state index < -0.39 is 10.8 Å². The number of aryl methyl sites for hydroxylation is 1. The Labute approximate surface area is 89.2 Å². The van der Waals surface area contributed by atoms with Gasteiger partial charge < -0.3 is 0 Å². The molecule has 3 heteroatoms. The Kier molecular flexibility index (Phi) is 7.30. The summed E-state index contributed by atoms with van der Waals surface area (Å²) in [4.78, 5) is 5.03. The van der Waals surface area contributed by atoms with E-state index in [4.69, 9.17) is 0 Å². The molecule has 0 aliphatic heterocycles. The fourth-order valence-corrected chi connectivity index (χ4v) is 1.77. The van der Waals surface area contributed by atoms with Gasteiger partial charge in [0.15, 0.2) is 0 Å². The highest BCUT2D eigenvalue weighted by atomic mass is 32.2. The van der Waals surface area contributed by atoms with E-state index in [0.29, 0.717) is 5.75 Å². The van der Waals surface area contributed by atoms with Gasteiger partial charge in [-0.15, -0.1) is 0 Å². The predicted octanol–water partition coefficient (Wildman–Crippen LogP) is 2.80. The second kappa shape index (κ2) is 7.68. The third-order valence-electron chi connectivity index (χ3n) is 1.68. The molecule has 14 heavy (non-hydrogen) atoms. The fraction of sp³-hybridized carbons (Fsp3) is 0.545. The van der Waals surface area contributed by atoms with E-state index in [-0.39, 0.29) is 0 Å². The molecule has 0 saturated heterocycles. The maximum absolute atomic E-state index is 11.4. The molecule has 1 atom stereocenters. The summed E-state index contributed by atoms with van der Waals surface area (Å²) < 4.78 is 11.4. The molecule has 1 rings (SSSR count). The Morgan fingerprint density at radius 3 is 2.50 bits per heavy atom. The molecular weight excluding hydrogens is 194 g/mol. The topological polar surface area (TPSA) is 30.0 Å². The molecule has 0 saturated carbocycles. The van der Waals surface area contributed by atoms with E-state index in [1.54, 1.807) is 6.20 Å². The molecule has 0 fully saturated rings. The van der Waals surface area contributed by atoms with Crippen molar-refractivity contribution in [3.63, 3.8) is 0 Å². The number of hydrogen-bond acceptors (Lipinski definition) is 2. The van der Waals surface area contributed by atoms with Gasteiger partial charge in [0.2, 0.25) is 0 Å². The van der Waals surface area contributed by atoms with Gasteiger partial charge in [-0.1, -0.05) is 27.7 Å². The van der Waals surface area contributed by atoms with Crippen LogP contribution in [-0.2, 0) is 17.2 Å². The van der Waals surface area contributed by atoms with E-state index in [0.717, 1.165) is 17.0 Å². The minimum Gasteiger partial charge on any atom is -0.261 e. The van der Waals surface area contributed by atoms with Crippen LogP contribution in [-0.4, -0.2) is 14.9 Å². The summed E-state index contributed by atoms with van der Waals surface area (Å²) >= 11 is 0. The summed E-state index contributed by atoms with van der Waals surface area (Å²) in [5.41, 5.74) is 1.01. The number of nitrogens with zero attached hydrogens (tertiary/aromatic N) is 1. The summed E-state index contributed by atoms with van der Waals surface area (Å²) in [5, 5.41) is 0. The predicted molar refractivity (Wildman–Crippen MR) is 61.9 cm³/mol. The number of rotatable bonds is 3. The first-order valence-electron chi connectivity index (χ1n) is 5.11. The maximum Gasteiger partial charge on any atom is 0.0527 e. The lowest BCUT2D eigenvalue weighted by Crippen LogP contribution is -1.96. The van der Waals surface area contributed by atoms with Crippen molar-refractivity contribution < 1.29 is 4.21 Å². The molecule has 0 radical (unpaired) electrons. The average Bonchev–Trinajstić information content (AvgIpc) is 2.30. The Balaban J connectivity index is 0.000000791. The van der Waals surface area contributed by atoms with Crippen molar-refractivity contribution in [1.82, 2.24) is 4.98 Å². The largest absolute Gasteiger partial charge is 0.261 e. The molecule has 0 aliphatic rings. The number of hydrogen-bond donors (Lipinski definition) is 0. The highest BCUT2D eigenvalue weighted by Gasteiger charge is 2.00. The molecule has 1 aromatic heterocycles. The number of aromatic nitrogens is 1. The second-order valence-corrected chi connectivity index (χ2v) is 4.21. The average molecular weight is 213 g/mol. The standard InChI is InChI=1S/C9H13NOS.C2H6/c1-3-8-7-9(5-6-10-8)12(11)4-2;1-2/h5-7H,3-4H2,1-2H3;1-2H3. The van der Waals surface area contributed by atoms with E-state index in [1.807, 2.05) is 39.8 Å². The summed E-state index contributed by atoms with van der Waals surface area (Å²) in [6, 6.07) is 3.73. The Bertz CT molecular complexity index is 286. The van der Waals surface area contributed by atoms with Crippen LogP contribution in [0.15, 0.2) is 23.2 Å². The van der Waals surface area contributed by atoms with Gasteiger partial charge in [0.25, 0.3) is 0 Å². The third-order valence-corrected chi connectivity index (χ3v) is 2.98. The molecule has 0 aromatic carbocycles. The molecule has 80 valence electrons. The van der Waals surface area contributed by atoms with Gasteiger partial charge in [0.1, 0.15) is 0 Å². The Morgan fingerprint density at radius 2 is 2.00 bits per heavy atom. The van der Waals surface area contributed by atoms with Crippen molar-refractivity contribution in [2.75, 3.05) is 5.75 Å². The van der Waals surface area contributed by atoms with Crippen LogP contribution in [0.3, 0.4) is 0 Å². The minimum absolute atomic E-state index is 0.674. The van der Waals surface area contributed by atoms with E-state index >= 15 is 0 Å². The van der Waals surface area contributed by atoms with Crippen molar-refractivity contribution in [3.8, 4) is 0 Å². The first-order valence-corrected chi connectivity index (χ1v) is 6.43. The highest BCUT2D eigenvalue weighted by molar-refractivity contribution is 7.85. The normalized spacial score (nSPS) is 11.4. The van der Waals surface area contributed by atoms with Crippen molar-refractivity contribution in [2.45, 2.75) is 39.0 Å². The van der Waals surface area contributed by atoms with Gasteiger partial charge >= 0.3 is 0 Å².